The predicted molar refractivity (Wildman–Crippen MR) is 77.2 cm³/mol. The summed E-state index contributed by atoms with van der Waals surface area (Å²) in [4.78, 5) is 21.8. The van der Waals surface area contributed by atoms with Crippen LogP contribution >= 0.6 is 0 Å². The van der Waals surface area contributed by atoms with Gasteiger partial charge in [-0.25, -0.2) is 4.79 Å². The Bertz CT molecular complexity index is 723. The number of benzene rings is 2. The molecule has 9 heteroatoms. The normalized spacial score (nSPS) is 10.0. The summed E-state index contributed by atoms with van der Waals surface area (Å²) in [6.07, 6.45) is 0. The Balaban J connectivity index is 2.10. The van der Waals surface area contributed by atoms with Crippen LogP contribution in [-0.2, 0) is 0 Å². The van der Waals surface area contributed by atoms with Crippen molar-refractivity contribution in [2.75, 3.05) is 10.6 Å². The molecular formula is C13H11N3O6. The summed E-state index contributed by atoms with van der Waals surface area (Å²) in [5, 5.41) is 43.1. The largest absolute Gasteiger partial charge is 0.504 e. The molecule has 0 spiro atoms. The standard InChI is InChI=1S/C13H11N3O6/c17-10-5-8(6-11(18)12(10)19)15-13(20)14-7-2-1-3-9(4-7)16(21)22/h1-6,17-19H,(H2,14,15,20). The Labute approximate surface area is 123 Å². The number of hydrogen-bond donors (Lipinski definition) is 5. The maximum Gasteiger partial charge on any atom is 0.323 e. The van der Waals surface area contributed by atoms with Crippen LogP contribution in [0, 0.1) is 10.1 Å². The number of nitro benzene ring substituents is 1. The third-order valence-electron chi connectivity index (χ3n) is 2.64. The molecule has 22 heavy (non-hydrogen) atoms. The molecule has 2 rings (SSSR count). The van der Waals surface area contributed by atoms with Gasteiger partial charge in [-0.2, -0.15) is 0 Å². The second-order valence-electron chi connectivity index (χ2n) is 4.25. The number of non-ortho nitro benzene ring substituents is 1. The van der Waals surface area contributed by atoms with Crippen molar-refractivity contribution in [2.24, 2.45) is 0 Å². The van der Waals surface area contributed by atoms with Gasteiger partial charge in [-0.1, -0.05) is 6.07 Å². The molecular weight excluding hydrogens is 294 g/mol. The van der Waals surface area contributed by atoms with Gasteiger partial charge in [0.05, 0.1) is 10.6 Å². The van der Waals surface area contributed by atoms with Crippen LogP contribution in [0.2, 0.25) is 0 Å². The Morgan fingerprint density at radius 2 is 1.59 bits per heavy atom. The van der Waals surface area contributed by atoms with Crippen molar-refractivity contribution < 1.29 is 25.0 Å². The van der Waals surface area contributed by atoms with E-state index < -0.39 is 28.2 Å². The number of nitro groups is 1. The van der Waals surface area contributed by atoms with Crippen LogP contribution in [0.15, 0.2) is 36.4 Å². The van der Waals surface area contributed by atoms with Crippen molar-refractivity contribution in [3.05, 3.63) is 46.5 Å². The molecule has 2 aromatic rings. The van der Waals surface area contributed by atoms with Crippen LogP contribution in [0.4, 0.5) is 21.9 Å². The quantitative estimate of drug-likeness (QED) is 0.255. The molecule has 0 aliphatic heterocycles. The number of phenols is 3. The van der Waals surface area contributed by atoms with Gasteiger partial charge in [0.2, 0.25) is 0 Å². The summed E-state index contributed by atoms with van der Waals surface area (Å²) in [6.45, 7) is 0. The summed E-state index contributed by atoms with van der Waals surface area (Å²) < 4.78 is 0. The fraction of sp³-hybridized carbons (Fsp3) is 0. The number of phenolic OH excluding ortho intramolecular Hbond substituents is 3. The second-order valence-corrected chi connectivity index (χ2v) is 4.25. The molecule has 0 fully saturated rings. The summed E-state index contributed by atoms with van der Waals surface area (Å²) in [5.74, 6) is -1.92. The van der Waals surface area contributed by atoms with Crippen molar-refractivity contribution >= 4 is 23.1 Å². The van der Waals surface area contributed by atoms with Crippen LogP contribution in [0.3, 0.4) is 0 Å². The zero-order valence-corrected chi connectivity index (χ0v) is 11.0. The van der Waals surface area contributed by atoms with Crippen molar-refractivity contribution in [3.63, 3.8) is 0 Å². The molecule has 0 bridgehead atoms. The lowest BCUT2D eigenvalue weighted by Crippen LogP contribution is -2.19. The van der Waals surface area contributed by atoms with E-state index in [4.69, 9.17) is 0 Å². The summed E-state index contributed by atoms with van der Waals surface area (Å²) >= 11 is 0. The second kappa shape index (κ2) is 5.87. The number of carbonyl (C=O) groups is 1. The van der Waals surface area contributed by atoms with Crippen LogP contribution in [0.1, 0.15) is 0 Å². The number of hydrogen-bond acceptors (Lipinski definition) is 6. The van der Waals surface area contributed by atoms with Crippen LogP contribution in [0.25, 0.3) is 0 Å². The number of nitrogens with zero attached hydrogens (tertiary/aromatic N) is 1. The summed E-state index contributed by atoms with van der Waals surface area (Å²) in [5.41, 5.74) is 0.0346. The molecule has 0 heterocycles. The molecule has 0 aliphatic carbocycles. The van der Waals surface area contributed by atoms with Crippen molar-refractivity contribution in [3.8, 4) is 17.2 Å². The van der Waals surface area contributed by atoms with Gasteiger partial charge in [-0.05, 0) is 6.07 Å². The summed E-state index contributed by atoms with van der Waals surface area (Å²) in [6, 6.07) is 6.63. The molecule has 5 N–H and O–H groups in total. The maximum atomic E-state index is 11.8. The van der Waals surface area contributed by atoms with Gasteiger partial charge in [0.1, 0.15) is 0 Å². The molecule has 0 unspecified atom stereocenters. The molecule has 0 radical (unpaired) electrons. The van der Waals surface area contributed by atoms with E-state index >= 15 is 0 Å². The average Bonchev–Trinajstić information content (AvgIpc) is 2.44. The topological polar surface area (TPSA) is 145 Å². The van der Waals surface area contributed by atoms with Gasteiger partial charge in [0, 0.05) is 30.0 Å². The number of nitrogens with one attached hydrogen (secondary N) is 2. The van der Waals surface area contributed by atoms with Gasteiger partial charge < -0.3 is 26.0 Å². The van der Waals surface area contributed by atoms with E-state index in [1.807, 2.05) is 0 Å². The summed E-state index contributed by atoms with van der Waals surface area (Å²) in [7, 11) is 0. The molecule has 0 atom stereocenters. The molecule has 114 valence electrons. The van der Waals surface area contributed by atoms with Gasteiger partial charge in [0.15, 0.2) is 17.2 Å². The first kappa shape index (κ1) is 14.9. The highest BCUT2D eigenvalue weighted by Gasteiger charge is 2.11. The van der Waals surface area contributed by atoms with Crippen LogP contribution in [-0.4, -0.2) is 26.3 Å². The SMILES string of the molecule is O=C(Nc1cccc([N+](=O)[O-])c1)Nc1cc(O)c(O)c(O)c1. The minimum Gasteiger partial charge on any atom is -0.504 e. The fourth-order valence-corrected chi connectivity index (χ4v) is 1.67. The van der Waals surface area contributed by atoms with Gasteiger partial charge in [-0.3, -0.25) is 10.1 Å². The predicted octanol–water partition coefficient (Wildman–Crippen LogP) is 2.36. The smallest absolute Gasteiger partial charge is 0.323 e. The van der Waals surface area contributed by atoms with Crippen molar-refractivity contribution in [2.45, 2.75) is 0 Å². The molecule has 0 saturated carbocycles. The number of anilines is 2. The molecule has 0 aliphatic rings. The van der Waals surface area contributed by atoms with E-state index in [1.165, 1.54) is 24.3 Å². The van der Waals surface area contributed by atoms with Gasteiger partial charge in [0.25, 0.3) is 5.69 Å². The van der Waals surface area contributed by atoms with E-state index in [0.717, 1.165) is 12.1 Å². The zero-order chi connectivity index (χ0) is 16.3. The lowest BCUT2D eigenvalue weighted by Gasteiger charge is -2.09. The Morgan fingerprint density at radius 1 is 1.00 bits per heavy atom. The Kier molecular flexibility index (Phi) is 3.98. The van der Waals surface area contributed by atoms with Gasteiger partial charge in [-0.15, -0.1) is 0 Å². The highest BCUT2D eigenvalue weighted by atomic mass is 16.6. The lowest BCUT2D eigenvalue weighted by molar-refractivity contribution is -0.384. The lowest BCUT2D eigenvalue weighted by atomic mass is 10.2. The fourth-order valence-electron chi connectivity index (χ4n) is 1.67. The van der Waals surface area contributed by atoms with Crippen LogP contribution < -0.4 is 10.6 Å². The number of carbonyl (C=O) groups excluding carboxylic acids is 1. The van der Waals surface area contributed by atoms with E-state index in [-0.39, 0.29) is 17.1 Å². The number of amides is 2. The maximum absolute atomic E-state index is 11.8. The minimum absolute atomic E-state index is 0.0238. The van der Waals surface area contributed by atoms with E-state index in [1.54, 1.807) is 0 Å². The third-order valence-corrected chi connectivity index (χ3v) is 2.64. The van der Waals surface area contributed by atoms with E-state index in [0.29, 0.717) is 0 Å². The van der Waals surface area contributed by atoms with E-state index in [2.05, 4.69) is 10.6 Å². The monoisotopic (exact) mass is 305 g/mol. The molecule has 0 aromatic heterocycles. The Morgan fingerprint density at radius 3 is 2.18 bits per heavy atom. The number of rotatable bonds is 3. The molecule has 2 aromatic carbocycles. The average molecular weight is 305 g/mol. The van der Waals surface area contributed by atoms with Crippen LogP contribution in [0.5, 0.6) is 17.2 Å². The highest BCUT2D eigenvalue weighted by molar-refractivity contribution is 6.00. The van der Waals surface area contributed by atoms with Crippen molar-refractivity contribution in [1.29, 1.82) is 0 Å². The van der Waals surface area contributed by atoms with Crippen molar-refractivity contribution in [1.82, 2.24) is 0 Å². The minimum atomic E-state index is -0.745. The van der Waals surface area contributed by atoms with Gasteiger partial charge >= 0.3 is 6.03 Å². The Hall–Kier alpha value is -3.49. The molecule has 2 amide bonds. The highest BCUT2D eigenvalue weighted by Crippen LogP contribution is 2.37. The first-order chi connectivity index (χ1) is 10.4. The third kappa shape index (κ3) is 3.33. The first-order valence-corrected chi connectivity index (χ1v) is 5.94. The molecule has 9 nitrogen and oxygen atoms in total. The molecule has 0 saturated heterocycles. The number of aromatic hydroxyl groups is 3. The zero-order valence-electron chi connectivity index (χ0n) is 11.0. The number of urea groups is 1. The first-order valence-electron chi connectivity index (χ1n) is 5.94. The van der Waals surface area contributed by atoms with E-state index in [9.17, 15) is 30.2 Å².